The molecular formula is C15H14N8OS. The number of nitrogens with one attached hydrogen (secondary N) is 2. The highest BCUT2D eigenvalue weighted by molar-refractivity contribution is 7.99. The summed E-state index contributed by atoms with van der Waals surface area (Å²) < 4.78 is 5.81. The lowest BCUT2D eigenvalue weighted by molar-refractivity contribution is 0.592. The Bertz CT molecular complexity index is 939. The van der Waals surface area contributed by atoms with Crippen LogP contribution in [0.2, 0.25) is 0 Å². The van der Waals surface area contributed by atoms with Crippen molar-refractivity contribution in [3.8, 4) is 29.0 Å². The zero-order valence-electron chi connectivity index (χ0n) is 12.9. The van der Waals surface area contributed by atoms with Crippen LogP contribution in [0, 0.1) is 11.3 Å². The van der Waals surface area contributed by atoms with Crippen molar-refractivity contribution in [2.75, 3.05) is 5.75 Å². The molecule has 3 aromatic rings. The van der Waals surface area contributed by atoms with E-state index in [1.54, 1.807) is 24.3 Å². The molecule has 3 rings (SSSR count). The molecule has 0 aliphatic carbocycles. The molecule has 0 aliphatic heterocycles. The summed E-state index contributed by atoms with van der Waals surface area (Å²) in [4.78, 5) is 4.35. The van der Waals surface area contributed by atoms with E-state index < -0.39 is 0 Å². The average Bonchev–Trinajstić information content (AvgIpc) is 3.32. The Balaban J connectivity index is 1.75. The minimum absolute atomic E-state index is 0.411. The number of aromatic nitrogens is 3. The van der Waals surface area contributed by atoms with Gasteiger partial charge < -0.3 is 15.7 Å². The highest BCUT2D eigenvalue weighted by atomic mass is 32.2. The molecule has 1 aromatic carbocycles. The van der Waals surface area contributed by atoms with Crippen molar-refractivity contribution >= 4 is 17.6 Å². The number of hydrazone groups is 1. The van der Waals surface area contributed by atoms with Crippen molar-refractivity contribution in [1.82, 2.24) is 20.6 Å². The number of rotatable bonds is 5. The SMILES string of the molecule is N#Cc1cccc(-c2ccc(-c3nc(SC/C(=N/N)NN)n[nH]3)o2)c1. The number of hydrogen-bond acceptors (Lipinski definition) is 8. The number of thioether (sulfide) groups is 1. The van der Waals surface area contributed by atoms with E-state index in [0.717, 1.165) is 5.56 Å². The number of benzene rings is 1. The first-order chi connectivity index (χ1) is 12.2. The molecule has 0 saturated heterocycles. The fourth-order valence-corrected chi connectivity index (χ4v) is 2.72. The fourth-order valence-electron chi connectivity index (χ4n) is 2.03. The summed E-state index contributed by atoms with van der Waals surface area (Å²) >= 11 is 1.32. The van der Waals surface area contributed by atoms with Crippen LogP contribution in [0.1, 0.15) is 5.56 Å². The van der Waals surface area contributed by atoms with E-state index in [1.807, 2.05) is 12.1 Å². The molecular weight excluding hydrogens is 340 g/mol. The first-order valence-electron chi connectivity index (χ1n) is 7.13. The lowest BCUT2D eigenvalue weighted by Crippen LogP contribution is -2.33. The third-order valence-corrected chi connectivity index (χ3v) is 4.10. The molecule has 0 amide bonds. The van der Waals surface area contributed by atoms with Crippen LogP contribution in [-0.2, 0) is 0 Å². The maximum Gasteiger partial charge on any atom is 0.209 e. The van der Waals surface area contributed by atoms with Gasteiger partial charge in [0.2, 0.25) is 5.16 Å². The molecule has 0 fully saturated rings. The van der Waals surface area contributed by atoms with Crippen LogP contribution < -0.4 is 17.1 Å². The van der Waals surface area contributed by atoms with Crippen molar-refractivity contribution in [2.24, 2.45) is 16.8 Å². The lowest BCUT2D eigenvalue weighted by Gasteiger charge is -1.99. The summed E-state index contributed by atoms with van der Waals surface area (Å²) in [7, 11) is 0. The minimum Gasteiger partial charge on any atom is -0.453 e. The zero-order valence-corrected chi connectivity index (χ0v) is 13.7. The van der Waals surface area contributed by atoms with E-state index in [0.29, 0.717) is 39.7 Å². The molecule has 126 valence electrons. The largest absolute Gasteiger partial charge is 0.453 e. The van der Waals surface area contributed by atoms with Gasteiger partial charge in [0.1, 0.15) is 11.6 Å². The molecule has 0 unspecified atom stereocenters. The monoisotopic (exact) mass is 354 g/mol. The van der Waals surface area contributed by atoms with Gasteiger partial charge in [0.25, 0.3) is 0 Å². The molecule has 25 heavy (non-hydrogen) atoms. The summed E-state index contributed by atoms with van der Waals surface area (Å²) in [6.07, 6.45) is 0. The van der Waals surface area contributed by atoms with Crippen LogP contribution in [0.4, 0.5) is 0 Å². The van der Waals surface area contributed by atoms with Gasteiger partial charge in [-0.15, -0.1) is 5.10 Å². The van der Waals surface area contributed by atoms with Gasteiger partial charge in [-0.1, -0.05) is 23.9 Å². The van der Waals surface area contributed by atoms with E-state index in [1.165, 1.54) is 11.8 Å². The molecule has 9 nitrogen and oxygen atoms in total. The smallest absolute Gasteiger partial charge is 0.209 e. The molecule has 0 saturated carbocycles. The number of H-pyrrole nitrogens is 1. The van der Waals surface area contributed by atoms with Crippen LogP contribution in [0.15, 0.2) is 51.1 Å². The summed E-state index contributed by atoms with van der Waals surface area (Å²) in [6, 6.07) is 12.9. The lowest BCUT2D eigenvalue weighted by atomic mass is 10.1. The summed E-state index contributed by atoms with van der Waals surface area (Å²) in [5.41, 5.74) is 3.77. The van der Waals surface area contributed by atoms with Gasteiger partial charge in [0, 0.05) is 5.56 Å². The van der Waals surface area contributed by atoms with E-state index >= 15 is 0 Å². The molecule has 0 radical (unpaired) electrons. The van der Waals surface area contributed by atoms with Gasteiger partial charge in [-0.3, -0.25) is 5.10 Å². The van der Waals surface area contributed by atoms with E-state index in [2.05, 4.69) is 31.8 Å². The van der Waals surface area contributed by atoms with Gasteiger partial charge in [0.15, 0.2) is 11.6 Å². The number of hydrazine groups is 1. The number of furan rings is 1. The van der Waals surface area contributed by atoms with Gasteiger partial charge in [-0.2, -0.15) is 15.3 Å². The number of nitrogens with two attached hydrogens (primary N) is 2. The second kappa shape index (κ2) is 7.52. The van der Waals surface area contributed by atoms with Crippen LogP contribution in [0.25, 0.3) is 22.9 Å². The Hall–Kier alpha value is -3.29. The van der Waals surface area contributed by atoms with Crippen molar-refractivity contribution in [1.29, 1.82) is 5.26 Å². The van der Waals surface area contributed by atoms with Crippen LogP contribution in [0.5, 0.6) is 0 Å². The highest BCUT2D eigenvalue weighted by Crippen LogP contribution is 2.28. The zero-order chi connectivity index (χ0) is 17.6. The first kappa shape index (κ1) is 16.6. The standard InChI is InChI=1S/C15H14N8OS/c16-7-9-2-1-3-10(6-9)11-4-5-12(24-11)14-19-15(23-22-14)25-8-13(20-17)21-18/h1-6H,8,17-18H2,(H,20,21)(H,19,22,23). The molecule has 6 N–H and O–H groups in total. The van der Waals surface area contributed by atoms with Crippen molar-refractivity contribution in [2.45, 2.75) is 5.16 Å². The molecule has 0 atom stereocenters. The number of aromatic amines is 1. The second-order valence-electron chi connectivity index (χ2n) is 4.83. The Kier molecular flexibility index (Phi) is 4.98. The third-order valence-electron chi connectivity index (χ3n) is 3.24. The molecule has 0 bridgehead atoms. The predicted octanol–water partition coefficient (Wildman–Crippen LogP) is 1.43. The molecule has 10 heteroatoms. The minimum atomic E-state index is 0.411. The fraction of sp³-hybridized carbons (Fsp3) is 0.0667. The summed E-state index contributed by atoms with van der Waals surface area (Å²) in [6.45, 7) is 0. The van der Waals surface area contributed by atoms with E-state index in [4.69, 9.17) is 21.4 Å². The average molecular weight is 354 g/mol. The predicted molar refractivity (Wildman–Crippen MR) is 93.9 cm³/mol. The number of hydrogen-bond donors (Lipinski definition) is 4. The van der Waals surface area contributed by atoms with Gasteiger partial charge in [-0.25, -0.2) is 5.84 Å². The first-order valence-corrected chi connectivity index (χ1v) is 8.11. The Morgan fingerprint density at radius 3 is 2.96 bits per heavy atom. The molecule has 2 aromatic heterocycles. The Labute approximate surface area is 147 Å². The normalized spacial score (nSPS) is 11.3. The van der Waals surface area contributed by atoms with Crippen molar-refractivity contribution in [3.63, 3.8) is 0 Å². The maximum atomic E-state index is 8.99. The van der Waals surface area contributed by atoms with E-state index in [9.17, 15) is 0 Å². The van der Waals surface area contributed by atoms with Crippen molar-refractivity contribution < 1.29 is 4.42 Å². The Morgan fingerprint density at radius 2 is 2.20 bits per heavy atom. The number of nitrogens with zero attached hydrogens (tertiary/aromatic N) is 4. The van der Waals surface area contributed by atoms with Crippen LogP contribution in [-0.4, -0.2) is 26.8 Å². The van der Waals surface area contributed by atoms with Gasteiger partial charge >= 0.3 is 0 Å². The highest BCUT2D eigenvalue weighted by Gasteiger charge is 2.12. The summed E-state index contributed by atoms with van der Waals surface area (Å²) in [5.74, 6) is 13.0. The van der Waals surface area contributed by atoms with Gasteiger partial charge in [0.05, 0.1) is 17.4 Å². The second-order valence-corrected chi connectivity index (χ2v) is 5.77. The maximum absolute atomic E-state index is 8.99. The van der Waals surface area contributed by atoms with Crippen LogP contribution in [0.3, 0.4) is 0 Å². The molecule has 2 heterocycles. The van der Waals surface area contributed by atoms with Crippen molar-refractivity contribution in [3.05, 3.63) is 42.0 Å². The third kappa shape index (κ3) is 3.79. The Morgan fingerprint density at radius 1 is 1.36 bits per heavy atom. The summed E-state index contributed by atoms with van der Waals surface area (Å²) in [5, 5.41) is 19.9. The quantitative estimate of drug-likeness (QED) is 0.176. The van der Waals surface area contributed by atoms with Gasteiger partial charge in [-0.05, 0) is 24.3 Å². The number of amidine groups is 1. The van der Waals surface area contributed by atoms with Crippen LogP contribution >= 0.6 is 11.8 Å². The number of nitriles is 1. The topological polar surface area (TPSA) is 155 Å². The van der Waals surface area contributed by atoms with E-state index in [-0.39, 0.29) is 0 Å². The molecule has 0 aliphatic rings. The molecule has 0 spiro atoms.